The first-order valence-corrected chi connectivity index (χ1v) is 6.20. The molecule has 78 valence electrons. The van der Waals surface area contributed by atoms with Crippen LogP contribution in [0.1, 0.15) is 23.3 Å². The summed E-state index contributed by atoms with van der Waals surface area (Å²) in [4.78, 5) is 1.41. The van der Waals surface area contributed by atoms with Gasteiger partial charge in [0.05, 0.1) is 0 Å². The molecule has 0 spiro atoms. The molecule has 1 saturated heterocycles. The van der Waals surface area contributed by atoms with Gasteiger partial charge in [0.2, 0.25) is 0 Å². The maximum Gasteiger partial charge on any atom is 0.0216 e. The Labute approximate surface area is 89.7 Å². The van der Waals surface area contributed by atoms with Crippen LogP contribution in [0.15, 0.2) is 11.4 Å². The molecule has 14 heavy (non-hydrogen) atoms. The third kappa shape index (κ3) is 2.80. The van der Waals surface area contributed by atoms with Crippen LogP contribution in [0.2, 0.25) is 0 Å². The van der Waals surface area contributed by atoms with Crippen LogP contribution < -0.4 is 10.6 Å². The Morgan fingerprint density at radius 2 is 2.29 bits per heavy atom. The van der Waals surface area contributed by atoms with E-state index in [1.807, 2.05) is 11.3 Å². The third-order valence-electron chi connectivity index (χ3n) is 2.72. The highest BCUT2D eigenvalue weighted by atomic mass is 32.1. The zero-order chi connectivity index (χ0) is 9.80. The van der Waals surface area contributed by atoms with Gasteiger partial charge in [0.25, 0.3) is 0 Å². The van der Waals surface area contributed by atoms with Gasteiger partial charge in [-0.2, -0.15) is 0 Å². The molecule has 1 aliphatic rings. The van der Waals surface area contributed by atoms with Crippen LogP contribution in [0.4, 0.5) is 0 Å². The second kappa shape index (κ2) is 4.91. The van der Waals surface area contributed by atoms with Crippen molar-refractivity contribution in [2.24, 2.45) is 0 Å². The molecule has 2 heterocycles. The van der Waals surface area contributed by atoms with E-state index in [4.69, 9.17) is 0 Å². The number of aryl methyl sites for hydroxylation is 1. The lowest BCUT2D eigenvalue weighted by atomic mass is 10.1. The van der Waals surface area contributed by atoms with Gasteiger partial charge in [-0.05, 0) is 49.9 Å². The van der Waals surface area contributed by atoms with Crippen molar-refractivity contribution < 1.29 is 0 Å². The van der Waals surface area contributed by atoms with E-state index in [0.717, 1.165) is 12.6 Å². The monoisotopic (exact) mass is 210 g/mol. The molecule has 0 atom stereocenters. The summed E-state index contributed by atoms with van der Waals surface area (Å²) in [6.07, 6.45) is 2.53. The van der Waals surface area contributed by atoms with Crippen molar-refractivity contribution in [3.8, 4) is 0 Å². The van der Waals surface area contributed by atoms with E-state index in [9.17, 15) is 0 Å². The van der Waals surface area contributed by atoms with Gasteiger partial charge in [-0.25, -0.2) is 0 Å². The summed E-state index contributed by atoms with van der Waals surface area (Å²) < 4.78 is 0. The number of rotatable bonds is 3. The topological polar surface area (TPSA) is 24.1 Å². The Bertz CT molecular complexity index is 277. The summed E-state index contributed by atoms with van der Waals surface area (Å²) in [6, 6.07) is 3.00. The summed E-state index contributed by atoms with van der Waals surface area (Å²) in [7, 11) is 0. The molecule has 2 rings (SSSR count). The Morgan fingerprint density at radius 3 is 2.93 bits per heavy atom. The van der Waals surface area contributed by atoms with E-state index in [0.29, 0.717) is 0 Å². The number of hydrogen-bond acceptors (Lipinski definition) is 3. The molecule has 0 aromatic carbocycles. The Hall–Kier alpha value is -0.380. The molecule has 1 aromatic rings. The van der Waals surface area contributed by atoms with E-state index in [2.05, 4.69) is 29.0 Å². The van der Waals surface area contributed by atoms with Crippen LogP contribution in [0, 0.1) is 6.92 Å². The largest absolute Gasteiger partial charge is 0.317 e. The summed E-state index contributed by atoms with van der Waals surface area (Å²) >= 11 is 1.84. The van der Waals surface area contributed by atoms with Gasteiger partial charge >= 0.3 is 0 Å². The lowest BCUT2D eigenvalue weighted by Gasteiger charge is -2.23. The van der Waals surface area contributed by atoms with Gasteiger partial charge in [0.1, 0.15) is 0 Å². The first-order valence-electron chi connectivity index (χ1n) is 5.33. The van der Waals surface area contributed by atoms with Crippen LogP contribution >= 0.6 is 11.3 Å². The molecule has 0 unspecified atom stereocenters. The molecule has 2 N–H and O–H groups in total. The van der Waals surface area contributed by atoms with E-state index in [1.165, 1.54) is 36.4 Å². The zero-order valence-corrected chi connectivity index (χ0v) is 9.49. The Morgan fingerprint density at radius 1 is 1.50 bits per heavy atom. The zero-order valence-electron chi connectivity index (χ0n) is 8.68. The van der Waals surface area contributed by atoms with Crippen molar-refractivity contribution in [2.45, 2.75) is 32.4 Å². The SMILES string of the molecule is Cc1cc(CNC2CCNCC2)cs1. The van der Waals surface area contributed by atoms with Crippen molar-refractivity contribution in [1.82, 2.24) is 10.6 Å². The van der Waals surface area contributed by atoms with Crippen LogP contribution in [-0.4, -0.2) is 19.1 Å². The average Bonchev–Trinajstić information content (AvgIpc) is 2.63. The molecule has 1 fully saturated rings. The second-order valence-electron chi connectivity index (χ2n) is 3.97. The van der Waals surface area contributed by atoms with E-state index in [1.54, 1.807) is 0 Å². The molecule has 3 heteroatoms. The number of hydrogen-bond donors (Lipinski definition) is 2. The maximum atomic E-state index is 3.62. The summed E-state index contributed by atoms with van der Waals surface area (Å²) in [5.74, 6) is 0. The lowest BCUT2D eigenvalue weighted by Crippen LogP contribution is -2.39. The summed E-state index contributed by atoms with van der Waals surface area (Å²) in [5, 5.41) is 9.25. The molecule has 0 amide bonds. The first kappa shape index (κ1) is 10.1. The lowest BCUT2D eigenvalue weighted by molar-refractivity contribution is 0.386. The highest BCUT2D eigenvalue weighted by Gasteiger charge is 2.11. The van der Waals surface area contributed by atoms with Crippen LogP contribution in [0.25, 0.3) is 0 Å². The maximum absolute atomic E-state index is 3.62. The molecule has 0 bridgehead atoms. The van der Waals surface area contributed by atoms with Gasteiger partial charge < -0.3 is 10.6 Å². The quantitative estimate of drug-likeness (QED) is 0.796. The highest BCUT2D eigenvalue weighted by Crippen LogP contribution is 2.13. The molecule has 2 nitrogen and oxygen atoms in total. The fourth-order valence-corrected chi connectivity index (χ4v) is 2.59. The Kier molecular flexibility index (Phi) is 3.56. The number of nitrogens with one attached hydrogen (secondary N) is 2. The van der Waals surface area contributed by atoms with Crippen molar-refractivity contribution in [3.63, 3.8) is 0 Å². The van der Waals surface area contributed by atoms with Gasteiger partial charge in [0.15, 0.2) is 0 Å². The highest BCUT2D eigenvalue weighted by molar-refractivity contribution is 7.10. The third-order valence-corrected chi connectivity index (χ3v) is 3.63. The van der Waals surface area contributed by atoms with E-state index < -0.39 is 0 Å². The standard InChI is InChI=1S/C11H18N2S/c1-9-6-10(8-14-9)7-13-11-2-4-12-5-3-11/h6,8,11-13H,2-5,7H2,1H3. The van der Waals surface area contributed by atoms with Crippen LogP contribution in [0.3, 0.4) is 0 Å². The minimum atomic E-state index is 0.719. The molecule has 0 saturated carbocycles. The summed E-state index contributed by atoms with van der Waals surface area (Å²) in [6.45, 7) is 5.54. The number of piperidine rings is 1. The van der Waals surface area contributed by atoms with Gasteiger partial charge in [-0.3, -0.25) is 0 Å². The minimum Gasteiger partial charge on any atom is -0.317 e. The smallest absolute Gasteiger partial charge is 0.0216 e. The molecule has 1 aliphatic heterocycles. The van der Waals surface area contributed by atoms with E-state index >= 15 is 0 Å². The molecular formula is C11H18N2S. The molecule has 0 aliphatic carbocycles. The Balaban J connectivity index is 1.76. The molecule has 1 aromatic heterocycles. The molecular weight excluding hydrogens is 192 g/mol. The first-order chi connectivity index (χ1) is 6.84. The van der Waals surface area contributed by atoms with Crippen molar-refractivity contribution in [2.75, 3.05) is 13.1 Å². The predicted molar refractivity (Wildman–Crippen MR) is 61.8 cm³/mol. The van der Waals surface area contributed by atoms with Crippen LogP contribution in [-0.2, 0) is 6.54 Å². The van der Waals surface area contributed by atoms with Gasteiger partial charge in [-0.1, -0.05) is 0 Å². The van der Waals surface area contributed by atoms with Crippen molar-refractivity contribution >= 4 is 11.3 Å². The second-order valence-corrected chi connectivity index (χ2v) is 5.09. The van der Waals surface area contributed by atoms with Gasteiger partial charge in [-0.15, -0.1) is 11.3 Å². The fraction of sp³-hybridized carbons (Fsp3) is 0.636. The average molecular weight is 210 g/mol. The number of thiophene rings is 1. The van der Waals surface area contributed by atoms with Crippen molar-refractivity contribution in [3.05, 3.63) is 21.9 Å². The normalized spacial score (nSPS) is 18.6. The summed E-state index contributed by atoms with van der Waals surface area (Å²) in [5.41, 5.74) is 1.44. The fourth-order valence-electron chi connectivity index (χ4n) is 1.88. The van der Waals surface area contributed by atoms with Crippen LogP contribution in [0.5, 0.6) is 0 Å². The molecule has 0 radical (unpaired) electrons. The van der Waals surface area contributed by atoms with Gasteiger partial charge in [0, 0.05) is 17.5 Å². The minimum absolute atomic E-state index is 0.719. The van der Waals surface area contributed by atoms with Crippen molar-refractivity contribution in [1.29, 1.82) is 0 Å². The van der Waals surface area contributed by atoms with E-state index in [-0.39, 0.29) is 0 Å². The predicted octanol–water partition coefficient (Wildman–Crippen LogP) is 1.90.